The molecule has 0 saturated heterocycles. The molecule has 0 spiro atoms. The van der Waals surface area contributed by atoms with E-state index >= 15 is 0 Å². The lowest BCUT2D eigenvalue weighted by Crippen LogP contribution is -2.39. The van der Waals surface area contributed by atoms with Gasteiger partial charge in [-0.1, -0.05) is 6.07 Å². The van der Waals surface area contributed by atoms with Crippen molar-refractivity contribution >= 4 is 27.3 Å². The first-order valence-corrected chi connectivity index (χ1v) is 9.89. The molecule has 0 aliphatic carbocycles. The van der Waals surface area contributed by atoms with Crippen molar-refractivity contribution in [3.8, 4) is 0 Å². The van der Waals surface area contributed by atoms with Crippen molar-refractivity contribution in [3.63, 3.8) is 0 Å². The molecular weight excluding hydrogens is 320 g/mol. The summed E-state index contributed by atoms with van der Waals surface area (Å²) in [5, 5.41) is 8.52. The molecular formula is C14H26N4O2S2. The Morgan fingerprint density at radius 2 is 2.09 bits per heavy atom. The maximum absolute atomic E-state index is 11.6. The van der Waals surface area contributed by atoms with Crippen LogP contribution >= 0.6 is 11.3 Å². The van der Waals surface area contributed by atoms with Crippen molar-refractivity contribution in [1.82, 2.24) is 14.9 Å². The van der Waals surface area contributed by atoms with E-state index in [1.807, 2.05) is 6.07 Å². The van der Waals surface area contributed by atoms with Gasteiger partial charge in [0.2, 0.25) is 10.0 Å². The largest absolute Gasteiger partial charge is 0.356 e. The number of hydrogen-bond acceptors (Lipinski definition) is 4. The van der Waals surface area contributed by atoms with Crippen LogP contribution in [0.1, 0.15) is 18.2 Å². The highest BCUT2D eigenvalue weighted by Crippen LogP contribution is 2.07. The highest BCUT2D eigenvalue weighted by atomic mass is 32.2. The number of guanidine groups is 1. The van der Waals surface area contributed by atoms with Crippen LogP contribution in [0, 0.1) is 0 Å². The van der Waals surface area contributed by atoms with Crippen LogP contribution in [0.15, 0.2) is 22.5 Å². The van der Waals surface area contributed by atoms with Crippen molar-refractivity contribution in [2.24, 2.45) is 4.99 Å². The summed E-state index contributed by atoms with van der Waals surface area (Å²) in [5.41, 5.74) is 0. The highest BCUT2D eigenvalue weighted by molar-refractivity contribution is 7.89. The average Bonchev–Trinajstić information content (AvgIpc) is 3.02. The smallest absolute Gasteiger partial charge is 0.213 e. The van der Waals surface area contributed by atoms with Gasteiger partial charge in [0.25, 0.3) is 0 Å². The third-order valence-corrected chi connectivity index (χ3v) is 6.05. The Balaban J connectivity index is 2.19. The number of thiophene rings is 1. The summed E-state index contributed by atoms with van der Waals surface area (Å²) >= 11 is 1.75. The van der Waals surface area contributed by atoms with Crippen molar-refractivity contribution < 1.29 is 8.42 Å². The van der Waals surface area contributed by atoms with Crippen LogP contribution in [0.5, 0.6) is 0 Å². The fourth-order valence-corrected chi connectivity index (χ4v) is 3.40. The van der Waals surface area contributed by atoms with Crippen LogP contribution in [0.4, 0.5) is 0 Å². The predicted octanol–water partition coefficient (Wildman–Crippen LogP) is 1.13. The maximum Gasteiger partial charge on any atom is 0.213 e. The molecule has 1 heterocycles. The van der Waals surface area contributed by atoms with E-state index in [4.69, 9.17) is 0 Å². The van der Waals surface area contributed by atoms with Crippen molar-refractivity contribution in [1.29, 1.82) is 0 Å². The van der Waals surface area contributed by atoms with E-state index in [2.05, 4.69) is 27.1 Å². The van der Waals surface area contributed by atoms with Crippen LogP contribution in [0.2, 0.25) is 0 Å². The summed E-state index contributed by atoms with van der Waals surface area (Å²) < 4.78 is 24.6. The number of hydrogen-bond donors (Lipinski definition) is 2. The second kappa shape index (κ2) is 9.81. The van der Waals surface area contributed by atoms with Gasteiger partial charge in [0.15, 0.2) is 5.96 Å². The number of nitrogens with zero attached hydrogens (tertiary/aromatic N) is 2. The summed E-state index contributed by atoms with van der Waals surface area (Å²) in [6.45, 7) is 3.67. The maximum atomic E-state index is 11.6. The quantitative estimate of drug-likeness (QED) is 0.399. The van der Waals surface area contributed by atoms with E-state index in [-0.39, 0.29) is 5.75 Å². The van der Waals surface area contributed by atoms with Crippen LogP contribution in [-0.4, -0.2) is 58.2 Å². The van der Waals surface area contributed by atoms with E-state index in [0.717, 1.165) is 25.3 Å². The highest BCUT2D eigenvalue weighted by Gasteiger charge is 2.13. The van der Waals surface area contributed by atoms with Crippen molar-refractivity contribution in [3.05, 3.63) is 22.4 Å². The lowest BCUT2D eigenvalue weighted by Gasteiger charge is -2.16. The van der Waals surface area contributed by atoms with E-state index in [1.165, 1.54) is 9.18 Å². The van der Waals surface area contributed by atoms with E-state index in [9.17, 15) is 8.42 Å². The summed E-state index contributed by atoms with van der Waals surface area (Å²) in [6.07, 6.45) is 1.71. The Kier molecular flexibility index (Phi) is 8.44. The second-order valence-corrected chi connectivity index (χ2v) is 8.23. The molecule has 0 unspecified atom stereocenters. The Morgan fingerprint density at radius 3 is 2.68 bits per heavy atom. The van der Waals surface area contributed by atoms with E-state index in [0.29, 0.717) is 13.1 Å². The Bertz CT molecular complexity index is 541. The topological polar surface area (TPSA) is 73.8 Å². The van der Waals surface area contributed by atoms with Gasteiger partial charge in [-0.05, 0) is 31.2 Å². The van der Waals surface area contributed by atoms with Gasteiger partial charge in [0, 0.05) is 38.6 Å². The lowest BCUT2D eigenvalue weighted by atomic mass is 10.3. The van der Waals surface area contributed by atoms with Crippen LogP contribution in [-0.2, 0) is 16.4 Å². The number of rotatable bonds is 9. The molecule has 1 aromatic heterocycles. The molecule has 0 fully saturated rings. The Labute approximate surface area is 137 Å². The van der Waals surface area contributed by atoms with Crippen LogP contribution in [0.25, 0.3) is 0 Å². The first-order chi connectivity index (χ1) is 10.5. The van der Waals surface area contributed by atoms with Gasteiger partial charge >= 0.3 is 0 Å². The third kappa shape index (κ3) is 6.76. The Hall–Kier alpha value is -1.12. The molecule has 0 bridgehead atoms. The lowest BCUT2D eigenvalue weighted by molar-refractivity contribution is 0.461. The fourth-order valence-electron chi connectivity index (χ4n) is 1.85. The standard InChI is InChI=1S/C14H26N4O2S2/c1-4-22(19,20)18(3)11-6-9-16-14(15-2)17-10-8-13-7-5-12-21-13/h5,7,12H,4,6,8-11H2,1-3H3,(H2,15,16,17). The number of sulfonamides is 1. The fraction of sp³-hybridized carbons (Fsp3) is 0.643. The monoisotopic (exact) mass is 346 g/mol. The number of aliphatic imine (C=N–C) groups is 1. The zero-order chi connectivity index (χ0) is 16.4. The third-order valence-electron chi connectivity index (χ3n) is 3.25. The molecule has 0 amide bonds. The van der Waals surface area contributed by atoms with Crippen molar-refractivity contribution in [2.75, 3.05) is 39.5 Å². The van der Waals surface area contributed by atoms with Gasteiger partial charge < -0.3 is 10.6 Å². The molecule has 0 radical (unpaired) electrons. The second-order valence-electron chi connectivity index (χ2n) is 4.83. The first kappa shape index (κ1) is 18.9. The van der Waals surface area contributed by atoms with Gasteiger partial charge in [-0.3, -0.25) is 4.99 Å². The first-order valence-electron chi connectivity index (χ1n) is 7.40. The minimum atomic E-state index is -3.08. The predicted molar refractivity (Wildman–Crippen MR) is 94.1 cm³/mol. The van der Waals surface area contributed by atoms with E-state index in [1.54, 1.807) is 32.4 Å². The number of nitrogens with one attached hydrogen (secondary N) is 2. The molecule has 0 aliphatic heterocycles. The molecule has 1 aromatic rings. The van der Waals surface area contributed by atoms with Gasteiger partial charge in [-0.2, -0.15) is 0 Å². The molecule has 1 rings (SSSR count). The molecule has 0 saturated carbocycles. The Morgan fingerprint density at radius 1 is 1.36 bits per heavy atom. The average molecular weight is 347 g/mol. The zero-order valence-corrected chi connectivity index (χ0v) is 15.1. The van der Waals surface area contributed by atoms with Gasteiger partial charge in [-0.15, -0.1) is 11.3 Å². The molecule has 22 heavy (non-hydrogen) atoms. The van der Waals surface area contributed by atoms with Crippen molar-refractivity contribution in [2.45, 2.75) is 19.8 Å². The van der Waals surface area contributed by atoms with Crippen LogP contribution < -0.4 is 10.6 Å². The minimum absolute atomic E-state index is 0.142. The molecule has 0 atom stereocenters. The molecule has 0 aromatic carbocycles. The van der Waals surface area contributed by atoms with E-state index < -0.39 is 10.0 Å². The summed E-state index contributed by atoms with van der Waals surface area (Å²) in [7, 11) is 0.265. The SMILES string of the molecule is CCS(=O)(=O)N(C)CCCNC(=NC)NCCc1cccs1. The summed E-state index contributed by atoms with van der Waals surface area (Å²) in [4.78, 5) is 5.50. The summed E-state index contributed by atoms with van der Waals surface area (Å²) in [6, 6.07) is 4.17. The van der Waals surface area contributed by atoms with Crippen LogP contribution in [0.3, 0.4) is 0 Å². The zero-order valence-electron chi connectivity index (χ0n) is 13.5. The summed E-state index contributed by atoms with van der Waals surface area (Å²) in [5.74, 6) is 0.889. The molecule has 2 N–H and O–H groups in total. The van der Waals surface area contributed by atoms with Gasteiger partial charge in [-0.25, -0.2) is 12.7 Å². The molecule has 8 heteroatoms. The molecule has 0 aliphatic rings. The van der Waals surface area contributed by atoms with Gasteiger partial charge in [0.1, 0.15) is 0 Å². The minimum Gasteiger partial charge on any atom is -0.356 e. The normalized spacial score (nSPS) is 12.6. The van der Waals surface area contributed by atoms with Gasteiger partial charge in [0.05, 0.1) is 5.75 Å². The molecule has 6 nitrogen and oxygen atoms in total. The molecule has 126 valence electrons.